The number of nitrogens with zero attached hydrogens (tertiary/aromatic N) is 2. The predicted octanol–water partition coefficient (Wildman–Crippen LogP) is 4.92. The maximum Gasteiger partial charge on any atom is 0.272 e. The van der Waals surface area contributed by atoms with Crippen molar-refractivity contribution in [1.82, 2.24) is 9.88 Å². The average Bonchev–Trinajstić information content (AvgIpc) is 2.78. The zero-order valence-corrected chi connectivity index (χ0v) is 18.2. The summed E-state index contributed by atoms with van der Waals surface area (Å²) >= 11 is 0. The van der Waals surface area contributed by atoms with E-state index in [1.54, 1.807) is 6.07 Å². The summed E-state index contributed by atoms with van der Waals surface area (Å²) in [4.78, 5) is 20.4. The maximum atomic E-state index is 13.6. The zero-order chi connectivity index (χ0) is 21.1. The number of likely N-dealkylation sites (tertiary alicyclic amines) is 1. The smallest absolute Gasteiger partial charge is 0.272 e. The summed E-state index contributed by atoms with van der Waals surface area (Å²) in [6.45, 7) is 2.91. The molecule has 4 rings (SSSR count). The number of rotatable bonds is 5. The van der Waals surface area contributed by atoms with Crippen molar-refractivity contribution in [2.75, 3.05) is 6.54 Å². The quantitative estimate of drug-likeness (QED) is 0.551. The van der Waals surface area contributed by atoms with Gasteiger partial charge in [-0.25, -0.2) is 4.98 Å². The number of piperidine rings is 1. The Hall–Kier alpha value is -2.66. The lowest BCUT2D eigenvalue weighted by molar-refractivity contribution is 0.0601. The molecule has 1 aromatic heterocycles. The summed E-state index contributed by atoms with van der Waals surface area (Å²) in [5, 5.41) is 1.99. The summed E-state index contributed by atoms with van der Waals surface area (Å²) in [6, 6.07) is 19.4. The van der Waals surface area contributed by atoms with Crippen molar-refractivity contribution in [1.29, 1.82) is 0 Å². The first kappa shape index (κ1) is 20.6. The molecule has 5 heteroatoms. The van der Waals surface area contributed by atoms with E-state index in [0.717, 1.165) is 41.5 Å². The van der Waals surface area contributed by atoms with Gasteiger partial charge in [0.25, 0.3) is 5.91 Å². The third-order valence-electron chi connectivity index (χ3n) is 5.92. The fraction of sp³-hybridized carbons (Fsp3) is 0.320. The van der Waals surface area contributed by atoms with E-state index in [1.807, 2.05) is 59.5 Å². The summed E-state index contributed by atoms with van der Waals surface area (Å²) in [6.07, 6.45) is 4.22. The number of fused-ring (bicyclic) bond motifs is 1. The van der Waals surface area contributed by atoms with Crippen LogP contribution in [0.2, 0.25) is 0 Å². The highest BCUT2D eigenvalue weighted by Crippen LogP contribution is 2.26. The van der Waals surface area contributed by atoms with Gasteiger partial charge in [-0.3, -0.25) is 9.00 Å². The van der Waals surface area contributed by atoms with Crippen LogP contribution < -0.4 is 0 Å². The molecule has 1 aliphatic rings. The van der Waals surface area contributed by atoms with E-state index in [1.165, 1.54) is 6.42 Å². The molecular weight excluding hydrogens is 392 g/mol. The Bertz CT molecular complexity index is 1170. The Kier molecular flexibility index (Phi) is 5.91. The topological polar surface area (TPSA) is 50.3 Å². The van der Waals surface area contributed by atoms with Gasteiger partial charge in [-0.05, 0) is 60.5 Å². The van der Waals surface area contributed by atoms with E-state index < -0.39 is 9.52 Å². The predicted molar refractivity (Wildman–Crippen MR) is 124 cm³/mol. The first-order chi connectivity index (χ1) is 14.5. The summed E-state index contributed by atoms with van der Waals surface area (Å²) in [7, 11) is -2.61. The molecule has 2 unspecified atom stereocenters. The highest BCUT2D eigenvalue weighted by atomic mass is 32.2. The number of pyridine rings is 1. The number of carbonyl (C=O) groups excluding carboxylic acids is 1. The lowest BCUT2D eigenvalue weighted by Crippen LogP contribution is -2.43. The minimum atomic E-state index is -2.61. The van der Waals surface area contributed by atoms with Gasteiger partial charge in [0.1, 0.15) is 5.69 Å². The van der Waals surface area contributed by atoms with Crippen molar-refractivity contribution in [3.63, 3.8) is 0 Å². The van der Waals surface area contributed by atoms with Gasteiger partial charge in [-0.1, -0.05) is 49.4 Å². The van der Waals surface area contributed by atoms with Crippen molar-refractivity contribution < 1.29 is 9.00 Å². The minimum absolute atomic E-state index is 0.0240. The van der Waals surface area contributed by atoms with Gasteiger partial charge in [0.15, 0.2) is 0 Å². The molecule has 0 bridgehead atoms. The van der Waals surface area contributed by atoms with E-state index >= 15 is 0 Å². The lowest BCUT2D eigenvalue weighted by atomic mass is 9.99. The van der Waals surface area contributed by atoms with Gasteiger partial charge < -0.3 is 4.90 Å². The highest BCUT2D eigenvalue weighted by molar-refractivity contribution is 7.99. The number of hydrogen-bond donors (Lipinski definition) is 0. The molecule has 0 spiro atoms. The molecule has 1 saturated heterocycles. The van der Waals surface area contributed by atoms with Crippen molar-refractivity contribution in [2.45, 2.75) is 49.3 Å². The maximum absolute atomic E-state index is 13.6. The van der Waals surface area contributed by atoms with Crippen LogP contribution in [0.3, 0.4) is 0 Å². The van der Waals surface area contributed by atoms with E-state index in [-0.39, 0.29) is 17.7 Å². The second-order valence-electron chi connectivity index (χ2n) is 8.00. The molecule has 0 N–H and O–H groups in total. The lowest BCUT2D eigenvalue weighted by Gasteiger charge is -2.35. The van der Waals surface area contributed by atoms with Crippen LogP contribution >= 0.6 is 0 Å². The number of carbonyl (C=O) groups is 1. The molecule has 0 aliphatic carbocycles. The van der Waals surface area contributed by atoms with E-state index in [2.05, 4.69) is 17.8 Å². The molecular formula is C25H28N2O2S. The SMILES string of the molecule is C=S(=O)(Cc1cccc(C(=O)N2CCCCC2CC)n1)c1cccc2ccccc12. The van der Waals surface area contributed by atoms with Gasteiger partial charge in [0.2, 0.25) is 0 Å². The van der Waals surface area contributed by atoms with E-state index in [0.29, 0.717) is 11.4 Å². The number of amides is 1. The molecule has 0 radical (unpaired) electrons. The largest absolute Gasteiger partial charge is 0.334 e. The van der Waals surface area contributed by atoms with Gasteiger partial charge in [0.05, 0.1) is 11.4 Å². The van der Waals surface area contributed by atoms with Crippen LogP contribution in [0.15, 0.2) is 65.6 Å². The van der Waals surface area contributed by atoms with Crippen LogP contribution in [0.5, 0.6) is 0 Å². The molecule has 0 saturated carbocycles. The molecule has 2 heterocycles. The Morgan fingerprint density at radius 2 is 1.87 bits per heavy atom. The van der Waals surface area contributed by atoms with Crippen LogP contribution in [0.25, 0.3) is 10.8 Å². The Morgan fingerprint density at radius 1 is 1.10 bits per heavy atom. The summed E-state index contributed by atoms with van der Waals surface area (Å²) in [5.74, 6) is 4.25. The highest BCUT2D eigenvalue weighted by Gasteiger charge is 2.27. The number of aromatic nitrogens is 1. The third kappa shape index (κ3) is 4.12. The summed E-state index contributed by atoms with van der Waals surface area (Å²) < 4.78 is 13.6. The molecule has 2 atom stereocenters. The Balaban J connectivity index is 1.62. The van der Waals surface area contributed by atoms with Crippen LogP contribution in [-0.2, 0) is 15.3 Å². The van der Waals surface area contributed by atoms with Crippen LogP contribution in [-0.4, -0.2) is 38.5 Å². The standard InChI is InChI=1S/C25H28N2O2S/c1-3-21-13-6-7-17-27(21)25(28)23-15-9-12-20(26-23)18-30(2,29)24-16-8-11-19-10-4-5-14-22(19)24/h4-5,8-12,14-16,21H,2-3,6-7,13,17-18H2,1H3. The fourth-order valence-electron chi connectivity index (χ4n) is 4.36. The first-order valence-electron chi connectivity index (χ1n) is 10.6. The van der Waals surface area contributed by atoms with Crippen molar-refractivity contribution in [2.24, 2.45) is 0 Å². The molecule has 156 valence electrons. The normalized spacial score (nSPS) is 18.8. The molecule has 30 heavy (non-hydrogen) atoms. The monoisotopic (exact) mass is 420 g/mol. The second-order valence-corrected chi connectivity index (χ2v) is 10.4. The number of benzene rings is 2. The van der Waals surface area contributed by atoms with Gasteiger partial charge in [-0.15, -0.1) is 0 Å². The van der Waals surface area contributed by atoms with Gasteiger partial charge in [-0.2, -0.15) is 0 Å². The van der Waals surface area contributed by atoms with Gasteiger partial charge in [0, 0.05) is 27.0 Å². The van der Waals surface area contributed by atoms with E-state index in [9.17, 15) is 9.00 Å². The zero-order valence-electron chi connectivity index (χ0n) is 17.4. The van der Waals surface area contributed by atoms with Crippen molar-refractivity contribution in [3.05, 3.63) is 72.1 Å². The first-order valence-corrected chi connectivity index (χ1v) is 12.5. The van der Waals surface area contributed by atoms with Crippen LogP contribution in [0.4, 0.5) is 0 Å². The Morgan fingerprint density at radius 3 is 2.70 bits per heavy atom. The van der Waals surface area contributed by atoms with E-state index in [4.69, 9.17) is 0 Å². The average molecular weight is 421 g/mol. The summed E-state index contributed by atoms with van der Waals surface area (Å²) in [5.41, 5.74) is 1.07. The van der Waals surface area contributed by atoms with Crippen molar-refractivity contribution >= 4 is 32.1 Å². The van der Waals surface area contributed by atoms with Crippen molar-refractivity contribution in [3.8, 4) is 0 Å². The van der Waals surface area contributed by atoms with Gasteiger partial charge >= 0.3 is 0 Å². The minimum Gasteiger partial charge on any atom is -0.334 e. The molecule has 1 aliphatic heterocycles. The number of hydrogen-bond acceptors (Lipinski definition) is 3. The molecule has 3 aromatic rings. The molecule has 1 amide bonds. The molecule has 1 fully saturated rings. The molecule has 4 nitrogen and oxygen atoms in total. The molecule has 2 aromatic carbocycles. The second kappa shape index (κ2) is 8.60. The third-order valence-corrected chi connectivity index (χ3v) is 7.84. The Labute approximate surface area is 179 Å². The fourth-order valence-corrected chi connectivity index (χ4v) is 6.06. The van der Waals surface area contributed by atoms with Crippen LogP contribution in [0.1, 0.15) is 48.8 Å². The van der Waals surface area contributed by atoms with Crippen LogP contribution in [0, 0.1) is 0 Å².